The SMILES string of the molecule is CNC(=O)C(Cc1ccccc1)N(Cc1ccc(Cl)c(Cl)c1)C(=O)CN(c1cc(Cl)ccc1OC)S(=O)(=O)c1ccccc1. The van der Waals surface area contributed by atoms with Gasteiger partial charge in [-0.25, -0.2) is 8.42 Å². The van der Waals surface area contributed by atoms with Gasteiger partial charge in [0.15, 0.2) is 0 Å². The summed E-state index contributed by atoms with van der Waals surface area (Å²) in [7, 11) is -1.45. The second-order valence-corrected chi connectivity index (χ2v) is 12.8. The Morgan fingerprint density at radius 3 is 2.11 bits per heavy atom. The highest BCUT2D eigenvalue weighted by atomic mass is 35.5. The third kappa shape index (κ3) is 7.84. The first kappa shape index (κ1) is 33.1. The van der Waals surface area contributed by atoms with Crippen molar-refractivity contribution >= 4 is 62.3 Å². The Morgan fingerprint density at radius 1 is 0.841 bits per heavy atom. The van der Waals surface area contributed by atoms with Crippen LogP contribution in [0.2, 0.25) is 15.1 Å². The highest BCUT2D eigenvalue weighted by molar-refractivity contribution is 7.92. The molecular formula is C32H30Cl3N3O5S. The topological polar surface area (TPSA) is 96.0 Å². The highest BCUT2D eigenvalue weighted by Crippen LogP contribution is 2.35. The number of nitrogens with zero attached hydrogens (tertiary/aromatic N) is 2. The molecule has 0 aliphatic carbocycles. The number of carbonyl (C=O) groups excluding carboxylic acids is 2. The number of anilines is 1. The molecule has 1 N–H and O–H groups in total. The van der Waals surface area contributed by atoms with E-state index in [0.29, 0.717) is 10.6 Å². The molecule has 12 heteroatoms. The van der Waals surface area contributed by atoms with Gasteiger partial charge in [-0.3, -0.25) is 13.9 Å². The third-order valence-corrected chi connectivity index (χ3v) is 9.62. The van der Waals surface area contributed by atoms with Crippen molar-refractivity contribution in [2.24, 2.45) is 0 Å². The minimum Gasteiger partial charge on any atom is -0.495 e. The summed E-state index contributed by atoms with van der Waals surface area (Å²) >= 11 is 18.7. The summed E-state index contributed by atoms with van der Waals surface area (Å²) in [5.41, 5.74) is 1.46. The highest BCUT2D eigenvalue weighted by Gasteiger charge is 2.35. The molecule has 0 fully saturated rings. The lowest BCUT2D eigenvalue weighted by molar-refractivity contribution is -0.139. The fourth-order valence-electron chi connectivity index (χ4n) is 4.65. The standard InChI is InChI=1S/C32H30Cl3N3O5S/c1-36-32(40)29(18-22-9-5-3-6-10-22)37(20-23-13-15-26(34)27(35)17-23)31(39)21-38(28-19-24(33)14-16-30(28)43-2)44(41,42)25-11-7-4-8-12-25/h3-17,19,29H,18,20-21H2,1-2H3,(H,36,40). The Labute approximate surface area is 272 Å². The Hall–Kier alpha value is -3.76. The predicted octanol–water partition coefficient (Wildman–Crippen LogP) is 6.24. The molecule has 0 spiro atoms. The van der Waals surface area contributed by atoms with Crippen LogP contribution in [0.1, 0.15) is 11.1 Å². The van der Waals surface area contributed by atoms with E-state index in [1.54, 1.807) is 42.5 Å². The Bertz CT molecular complexity index is 1720. The van der Waals surface area contributed by atoms with Crippen molar-refractivity contribution in [2.45, 2.75) is 23.9 Å². The maximum Gasteiger partial charge on any atom is 0.264 e. The molecule has 4 aromatic rings. The van der Waals surface area contributed by atoms with Crippen LogP contribution in [-0.2, 0) is 32.6 Å². The number of amides is 2. The molecule has 1 atom stereocenters. The Kier molecular flexibility index (Phi) is 11.2. The summed E-state index contributed by atoms with van der Waals surface area (Å²) in [4.78, 5) is 29.1. The van der Waals surface area contributed by atoms with Gasteiger partial charge in [0.05, 0.1) is 27.7 Å². The van der Waals surface area contributed by atoms with Crippen LogP contribution in [0.15, 0.2) is 102 Å². The van der Waals surface area contributed by atoms with Crippen LogP contribution in [0.25, 0.3) is 0 Å². The minimum atomic E-state index is -4.32. The molecule has 0 heterocycles. The number of nitrogens with one attached hydrogen (secondary N) is 1. The number of methoxy groups -OCH3 is 1. The molecule has 8 nitrogen and oxygen atoms in total. The number of hydrogen-bond acceptors (Lipinski definition) is 5. The second-order valence-electron chi connectivity index (χ2n) is 9.73. The summed E-state index contributed by atoms with van der Waals surface area (Å²) in [6, 6.07) is 25.3. The van der Waals surface area contributed by atoms with E-state index in [2.05, 4.69) is 5.32 Å². The molecule has 1 unspecified atom stereocenters. The van der Waals surface area contributed by atoms with Crippen LogP contribution in [0.3, 0.4) is 0 Å². The smallest absolute Gasteiger partial charge is 0.264 e. The van der Waals surface area contributed by atoms with E-state index in [0.717, 1.165) is 9.87 Å². The zero-order valence-electron chi connectivity index (χ0n) is 23.9. The van der Waals surface area contributed by atoms with E-state index in [1.165, 1.54) is 43.3 Å². The van der Waals surface area contributed by atoms with Crippen LogP contribution in [0.4, 0.5) is 5.69 Å². The number of benzene rings is 4. The van der Waals surface area contributed by atoms with Crippen molar-refractivity contribution < 1.29 is 22.7 Å². The average Bonchev–Trinajstić information content (AvgIpc) is 3.03. The number of halogens is 3. The molecule has 0 saturated carbocycles. The van der Waals surface area contributed by atoms with E-state index in [-0.39, 0.29) is 39.3 Å². The number of likely N-dealkylation sites (N-methyl/N-ethyl adjacent to an activating group) is 1. The zero-order chi connectivity index (χ0) is 31.9. The van der Waals surface area contributed by atoms with Gasteiger partial charge in [-0.1, -0.05) is 89.4 Å². The Balaban J connectivity index is 1.84. The second kappa shape index (κ2) is 14.8. The van der Waals surface area contributed by atoms with Crippen LogP contribution >= 0.6 is 34.8 Å². The van der Waals surface area contributed by atoms with Gasteiger partial charge < -0.3 is 15.0 Å². The van der Waals surface area contributed by atoms with E-state index >= 15 is 0 Å². The lowest BCUT2D eigenvalue weighted by Gasteiger charge is -2.34. The summed E-state index contributed by atoms with van der Waals surface area (Å²) in [5, 5.41) is 3.48. The first-order chi connectivity index (χ1) is 21.0. The molecule has 0 saturated heterocycles. The molecule has 0 radical (unpaired) electrons. The monoisotopic (exact) mass is 673 g/mol. The number of carbonyl (C=O) groups is 2. The molecule has 4 aromatic carbocycles. The fraction of sp³-hybridized carbons (Fsp3) is 0.188. The van der Waals surface area contributed by atoms with Crippen molar-refractivity contribution in [3.63, 3.8) is 0 Å². The van der Waals surface area contributed by atoms with Crippen molar-refractivity contribution in [2.75, 3.05) is 25.0 Å². The maximum absolute atomic E-state index is 14.4. The number of ether oxygens (including phenoxy) is 1. The van der Waals surface area contributed by atoms with Crippen molar-refractivity contribution in [3.8, 4) is 5.75 Å². The number of sulfonamides is 1. The lowest BCUT2D eigenvalue weighted by Crippen LogP contribution is -2.53. The van der Waals surface area contributed by atoms with E-state index < -0.39 is 34.4 Å². The first-order valence-electron chi connectivity index (χ1n) is 13.5. The van der Waals surface area contributed by atoms with Gasteiger partial charge in [-0.05, 0) is 53.6 Å². The van der Waals surface area contributed by atoms with Crippen molar-refractivity contribution in [1.29, 1.82) is 0 Å². The van der Waals surface area contributed by atoms with Crippen LogP contribution < -0.4 is 14.4 Å². The fourth-order valence-corrected chi connectivity index (χ4v) is 6.57. The van der Waals surface area contributed by atoms with E-state index in [4.69, 9.17) is 39.5 Å². The van der Waals surface area contributed by atoms with E-state index in [9.17, 15) is 18.0 Å². The molecule has 230 valence electrons. The van der Waals surface area contributed by atoms with Gasteiger partial charge in [-0.2, -0.15) is 0 Å². The minimum absolute atomic E-state index is 0.0435. The van der Waals surface area contributed by atoms with E-state index in [1.807, 2.05) is 30.3 Å². The molecular weight excluding hydrogens is 645 g/mol. The molecule has 4 rings (SSSR count). The van der Waals surface area contributed by atoms with Gasteiger partial charge in [-0.15, -0.1) is 0 Å². The predicted molar refractivity (Wildman–Crippen MR) is 174 cm³/mol. The molecule has 44 heavy (non-hydrogen) atoms. The molecule has 0 aliphatic heterocycles. The molecule has 0 aromatic heterocycles. The van der Waals surface area contributed by atoms with Gasteiger partial charge in [0.25, 0.3) is 10.0 Å². The van der Waals surface area contributed by atoms with Crippen LogP contribution in [0.5, 0.6) is 5.75 Å². The van der Waals surface area contributed by atoms with Gasteiger partial charge in [0, 0.05) is 25.0 Å². The van der Waals surface area contributed by atoms with Crippen molar-refractivity contribution in [3.05, 3.63) is 123 Å². The summed E-state index contributed by atoms with van der Waals surface area (Å²) in [6.45, 7) is -0.732. The number of hydrogen-bond donors (Lipinski definition) is 1. The summed E-state index contributed by atoms with van der Waals surface area (Å²) < 4.78 is 34.6. The van der Waals surface area contributed by atoms with Crippen molar-refractivity contribution in [1.82, 2.24) is 10.2 Å². The summed E-state index contributed by atoms with van der Waals surface area (Å²) in [6.07, 6.45) is 0.166. The van der Waals surface area contributed by atoms with Gasteiger partial charge in [0.1, 0.15) is 18.3 Å². The first-order valence-corrected chi connectivity index (χ1v) is 16.0. The maximum atomic E-state index is 14.4. The van der Waals surface area contributed by atoms with Gasteiger partial charge in [0.2, 0.25) is 11.8 Å². The number of rotatable bonds is 12. The molecule has 0 bridgehead atoms. The van der Waals surface area contributed by atoms with Crippen LogP contribution in [-0.4, -0.2) is 51.9 Å². The normalized spacial score (nSPS) is 11.8. The molecule has 2 amide bonds. The summed E-state index contributed by atoms with van der Waals surface area (Å²) in [5.74, 6) is -0.896. The quantitative estimate of drug-likeness (QED) is 0.192. The zero-order valence-corrected chi connectivity index (χ0v) is 27.0. The average molecular weight is 675 g/mol. The molecule has 0 aliphatic rings. The van der Waals surface area contributed by atoms with Crippen LogP contribution in [0, 0.1) is 0 Å². The largest absolute Gasteiger partial charge is 0.495 e. The van der Waals surface area contributed by atoms with Gasteiger partial charge >= 0.3 is 0 Å². The Morgan fingerprint density at radius 2 is 1.50 bits per heavy atom. The lowest BCUT2D eigenvalue weighted by atomic mass is 10.0. The third-order valence-electron chi connectivity index (χ3n) is 6.87.